The molecule has 0 aliphatic carbocycles. The smallest absolute Gasteiger partial charge is 0.231 e. The Morgan fingerprint density at radius 1 is 1.15 bits per heavy atom. The Hall–Kier alpha value is -2.50. The maximum atomic E-state index is 12.8. The second-order valence-corrected chi connectivity index (χ2v) is 6.97. The van der Waals surface area contributed by atoms with E-state index in [4.69, 9.17) is 33.4 Å². The van der Waals surface area contributed by atoms with E-state index in [-0.39, 0.29) is 27.9 Å². The first-order valence-corrected chi connectivity index (χ1v) is 8.83. The van der Waals surface area contributed by atoms with E-state index in [1.54, 1.807) is 29.2 Å². The first kappa shape index (κ1) is 16.9. The summed E-state index contributed by atoms with van der Waals surface area (Å²) >= 11 is 12.0. The fourth-order valence-electron chi connectivity index (χ4n) is 3.16. The van der Waals surface area contributed by atoms with Crippen molar-refractivity contribution in [1.82, 2.24) is 0 Å². The van der Waals surface area contributed by atoms with Crippen LogP contribution in [0.1, 0.15) is 29.0 Å². The van der Waals surface area contributed by atoms with Crippen molar-refractivity contribution < 1.29 is 14.0 Å². The summed E-state index contributed by atoms with van der Waals surface area (Å²) in [6.07, 6.45) is 1.37. The number of ketones is 1. The third kappa shape index (κ3) is 2.73. The molecule has 1 fully saturated rings. The Bertz CT molecular complexity index is 1060. The highest BCUT2D eigenvalue weighted by Gasteiger charge is 2.25. The zero-order valence-corrected chi connectivity index (χ0v) is 15.1. The zero-order chi connectivity index (χ0) is 18.4. The number of nitrogens with zero attached hydrogens (tertiary/aromatic N) is 1. The average molecular weight is 389 g/mol. The maximum absolute atomic E-state index is 12.8. The van der Waals surface area contributed by atoms with E-state index >= 15 is 0 Å². The van der Waals surface area contributed by atoms with Gasteiger partial charge in [0, 0.05) is 40.7 Å². The molecule has 3 aromatic rings. The predicted octanol–water partition coefficient (Wildman–Crippen LogP) is 4.68. The predicted molar refractivity (Wildman–Crippen MR) is 102 cm³/mol. The lowest BCUT2D eigenvalue weighted by molar-refractivity contribution is -0.117. The van der Waals surface area contributed by atoms with Gasteiger partial charge in [-0.1, -0.05) is 23.2 Å². The number of anilines is 2. The summed E-state index contributed by atoms with van der Waals surface area (Å²) in [6.45, 7) is 0.673. The van der Waals surface area contributed by atoms with E-state index in [1.807, 2.05) is 0 Å². The van der Waals surface area contributed by atoms with Crippen LogP contribution in [-0.2, 0) is 4.79 Å². The fraction of sp³-hybridized carbons (Fsp3) is 0.158. The molecule has 2 heterocycles. The molecule has 2 aromatic carbocycles. The number of nitrogen functional groups attached to an aromatic ring is 1. The lowest BCUT2D eigenvalue weighted by atomic mass is 10.1. The van der Waals surface area contributed by atoms with Crippen LogP contribution in [0.15, 0.2) is 40.8 Å². The molecule has 132 valence electrons. The number of furan rings is 1. The molecule has 7 heteroatoms. The van der Waals surface area contributed by atoms with E-state index < -0.39 is 5.78 Å². The lowest BCUT2D eigenvalue weighted by Gasteiger charge is -2.15. The highest BCUT2D eigenvalue weighted by molar-refractivity contribution is 6.37. The Labute approximate surface area is 159 Å². The van der Waals surface area contributed by atoms with E-state index in [1.165, 1.54) is 12.1 Å². The topological polar surface area (TPSA) is 76.5 Å². The molecule has 4 rings (SSSR count). The van der Waals surface area contributed by atoms with Crippen molar-refractivity contribution in [2.24, 2.45) is 0 Å². The molecular formula is C19H14Cl2N2O3. The standard InChI is InChI=1S/C19H14Cl2N2O3/c20-10-3-5-12(14(21)8-10)18(25)19-17(22)13-6-4-11(9-15(13)26-19)23-7-1-2-16(23)24/h3-6,8-9H,1-2,7,22H2. The average Bonchev–Trinajstić information content (AvgIpc) is 3.17. The summed E-state index contributed by atoms with van der Waals surface area (Å²) in [6, 6.07) is 9.91. The molecule has 0 spiro atoms. The van der Waals surface area contributed by atoms with Gasteiger partial charge >= 0.3 is 0 Å². The van der Waals surface area contributed by atoms with Crippen molar-refractivity contribution in [3.05, 3.63) is 57.8 Å². The SMILES string of the molecule is Nc1c(C(=O)c2ccc(Cl)cc2Cl)oc2cc(N3CCCC3=O)ccc12. The van der Waals surface area contributed by atoms with Gasteiger partial charge in [-0.05, 0) is 36.8 Å². The molecule has 0 radical (unpaired) electrons. The van der Waals surface area contributed by atoms with Gasteiger partial charge in [0.15, 0.2) is 5.76 Å². The molecule has 0 bridgehead atoms. The molecule has 2 N–H and O–H groups in total. The fourth-order valence-corrected chi connectivity index (χ4v) is 3.65. The van der Waals surface area contributed by atoms with Crippen molar-refractivity contribution in [3.8, 4) is 0 Å². The largest absolute Gasteiger partial charge is 0.450 e. The van der Waals surface area contributed by atoms with Crippen LogP contribution in [0.4, 0.5) is 11.4 Å². The Balaban J connectivity index is 1.77. The Kier molecular flexibility index (Phi) is 4.13. The van der Waals surface area contributed by atoms with Crippen LogP contribution >= 0.6 is 23.2 Å². The number of rotatable bonds is 3. The highest BCUT2D eigenvalue weighted by Crippen LogP contribution is 2.35. The molecule has 5 nitrogen and oxygen atoms in total. The number of carbonyl (C=O) groups excluding carboxylic acids is 2. The van der Waals surface area contributed by atoms with Crippen LogP contribution in [-0.4, -0.2) is 18.2 Å². The van der Waals surface area contributed by atoms with Crippen LogP contribution in [0.2, 0.25) is 10.0 Å². The van der Waals surface area contributed by atoms with Crippen molar-refractivity contribution >= 4 is 57.2 Å². The second kappa shape index (κ2) is 6.34. The van der Waals surface area contributed by atoms with Gasteiger partial charge in [0.2, 0.25) is 11.7 Å². The zero-order valence-electron chi connectivity index (χ0n) is 13.6. The van der Waals surface area contributed by atoms with Gasteiger partial charge in [-0.3, -0.25) is 9.59 Å². The molecule has 0 atom stereocenters. The van der Waals surface area contributed by atoms with E-state index in [0.29, 0.717) is 29.0 Å². The summed E-state index contributed by atoms with van der Waals surface area (Å²) in [5.74, 6) is -0.318. The number of hydrogen-bond donors (Lipinski definition) is 1. The van der Waals surface area contributed by atoms with Crippen LogP contribution in [0, 0.1) is 0 Å². The minimum atomic E-state index is -0.417. The van der Waals surface area contributed by atoms with Gasteiger partial charge in [-0.25, -0.2) is 0 Å². The first-order chi connectivity index (χ1) is 12.5. The monoisotopic (exact) mass is 388 g/mol. The molecule has 1 aliphatic rings. The second-order valence-electron chi connectivity index (χ2n) is 6.13. The highest BCUT2D eigenvalue weighted by atomic mass is 35.5. The number of nitrogens with two attached hydrogens (primary N) is 1. The molecule has 0 saturated carbocycles. The van der Waals surface area contributed by atoms with Crippen molar-refractivity contribution in [3.63, 3.8) is 0 Å². The van der Waals surface area contributed by atoms with E-state index in [0.717, 1.165) is 12.1 Å². The molecule has 26 heavy (non-hydrogen) atoms. The number of fused-ring (bicyclic) bond motifs is 1. The van der Waals surface area contributed by atoms with Crippen LogP contribution in [0.3, 0.4) is 0 Å². The summed E-state index contributed by atoms with van der Waals surface area (Å²) in [5, 5.41) is 1.28. The normalized spacial score (nSPS) is 14.4. The number of carbonyl (C=O) groups is 2. The van der Waals surface area contributed by atoms with Gasteiger partial charge in [0.05, 0.1) is 10.7 Å². The van der Waals surface area contributed by atoms with Gasteiger partial charge in [-0.2, -0.15) is 0 Å². The van der Waals surface area contributed by atoms with Crippen molar-refractivity contribution in [2.75, 3.05) is 17.2 Å². The van der Waals surface area contributed by atoms with Gasteiger partial charge in [0.1, 0.15) is 5.58 Å². The van der Waals surface area contributed by atoms with E-state index in [9.17, 15) is 9.59 Å². The summed E-state index contributed by atoms with van der Waals surface area (Å²) < 4.78 is 5.73. The molecule has 1 amide bonds. The Morgan fingerprint density at radius 3 is 2.65 bits per heavy atom. The summed E-state index contributed by atoms with van der Waals surface area (Å²) in [4.78, 5) is 26.4. The summed E-state index contributed by atoms with van der Waals surface area (Å²) in [5.41, 5.74) is 7.82. The van der Waals surface area contributed by atoms with Gasteiger partial charge in [0.25, 0.3) is 0 Å². The minimum Gasteiger partial charge on any atom is -0.450 e. The molecule has 1 aromatic heterocycles. The summed E-state index contributed by atoms with van der Waals surface area (Å²) in [7, 11) is 0. The quantitative estimate of drug-likeness (QED) is 0.660. The molecular weight excluding hydrogens is 375 g/mol. The third-order valence-electron chi connectivity index (χ3n) is 4.48. The van der Waals surface area contributed by atoms with Crippen molar-refractivity contribution in [2.45, 2.75) is 12.8 Å². The number of halogens is 2. The van der Waals surface area contributed by atoms with Crippen molar-refractivity contribution in [1.29, 1.82) is 0 Å². The molecule has 1 saturated heterocycles. The van der Waals surface area contributed by atoms with Crippen LogP contribution < -0.4 is 10.6 Å². The number of hydrogen-bond acceptors (Lipinski definition) is 4. The van der Waals surface area contributed by atoms with E-state index in [2.05, 4.69) is 0 Å². The number of amides is 1. The Morgan fingerprint density at radius 2 is 1.96 bits per heavy atom. The number of benzene rings is 2. The van der Waals surface area contributed by atoms with Crippen LogP contribution in [0.5, 0.6) is 0 Å². The van der Waals surface area contributed by atoms with Gasteiger partial charge < -0.3 is 15.1 Å². The third-order valence-corrected chi connectivity index (χ3v) is 5.03. The van der Waals surface area contributed by atoms with Gasteiger partial charge in [-0.15, -0.1) is 0 Å². The van der Waals surface area contributed by atoms with Crippen LogP contribution in [0.25, 0.3) is 11.0 Å². The molecule has 1 aliphatic heterocycles. The molecule has 0 unspecified atom stereocenters. The lowest BCUT2D eigenvalue weighted by Crippen LogP contribution is -2.23. The minimum absolute atomic E-state index is 0.0223. The maximum Gasteiger partial charge on any atom is 0.231 e. The first-order valence-electron chi connectivity index (χ1n) is 8.08.